The zero-order chi connectivity index (χ0) is 18.4. The van der Waals surface area contributed by atoms with Crippen LogP contribution in [-0.2, 0) is 20.8 Å². The molecule has 1 aliphatic rings. The van der Waals surface area contributed by atoms with Gasteiger partial charge in [0.15, 0.2) is 0 Å². The monoisotopic (exact) mass is 365 g/mol. The lowest BCUT2D eigenvalue weighted by Crippen LogP contribution is -2.54. The highest BCUT2D eigenvalue weighted by atomic mass is 32.1. The number of amides is 2. The third kappa shape index (κ3) is 5.47. The van der Waals surface area contributed by atoms with Crippen LogP contribution in [0.3, 0.4) is 0 Å². The van der Waals surface area contributed by atoms with Crippen LogP contribution < -0.4 is 5.32 Å². The summed E-state index contributed by atoms with van der Waals surface area (Å²) in [4.78, 5) is 36.0. The Bertz CT molecular complexity index is 626. The Hall–Kier alpha value is -2.06. The van der Waals surface area contributed by atoms with Crippen molar-refractivity contribution in [1.82, 2.24) is 15.3 Å². The van der Waals surface area contributed by atoms with Gasteiger partial charge in [-0.05, 0) is 24.8 Å². The number of aliphatic carboxylic acids is 1. The van der Waals surface area contributed by atoms with Gasteiger partial charge < -0.3 is 10.4 Å². The average molecular weight is 365 g/mol. The number of carboxylic acids is 1. The highest BCUT2D eigenvalue weighted by molar-refractivity contribution is 7.81. The Morgan fingerprint density at radius 2 is 2.04 bits per heavy atom. The first kappa shape index (κ1) is 19.3. The highest BCUT2D eigenvalue weighted by Crippen LogP contribution is 2.14. The summed E-state index contributed by atoms with van der Waals surface area (Å²) in [5.41, 5.74) is 0.983. The first-order chi connectivity index (χ1) is 11.9. The highest BCUT2D eigenvalue weighted by Gasteiger charge is 2.33. The van der Waals surface area contributed by atoms with Crippen molar-refractivity contribution in [2.45, 2.75) is 30.6 Å². The SMILES string of the molecule is CN1CCC[C@H](NC(=O)[C@H](S)Cc2ccccc2)C(=O)N1CC(=O)O. The summed E-state index contributed by atoms with van der Waals surface area (Å²) in [5, 5.41) is 13.9. The summed E-state index contributed by atoms with van der Waals surface area (Å²) in [6.07, 6.45) is 1.60. The molecule has 136 valence electrons. The number of carbonyl (C=O) groups excluding carboxylic acids is 2. The van der Waals surface area contributed by atoms with Gasteiger partial charge in [0, 0.05) is 13.6 Å². The Balaban J connectivity index is 2.00. The Labute approximate surface area is 152 Å². The van der Waals surface area contributed by atoms with Gasteiger partial charge in [-0.3, -0.25) is 19.4 Å². The number of carbonyl (C=O) groups is 3. The van der Waals surface area contributed by atoms with E-state index in [1.807, 2.05) is 30.3 Å². The first-order valence-electron chi connectivity index (χ1n) is 8.15. The first-order valence-corrected chi connectivity index (χ1v) is 8.66. The van der Waals surface area contributed by atoms with Crippen LogP contribution in [0.25, 0.3) is 0 Å². The fraction of sp³-hybridized carbons (Fsp3) is 0.471. The van der Waals surface area contributed by atoms with Gasteiger partial charge in [0.1, 0.15) is 12.6 Å². The van der Waals surface area contributed by atoms with E-state index in [1.165, 1.54) is 5.01 Å². The predicted molar refractivity (Wildman–Crippen MR) is 96.1 cm³/mol. The molecule has 0 bridgehead atoms. The van der Waals surface area contributed by atoms with Crippen molar-refractivity contribution in [2.24, 2.45) is 0 Å². The van der Waals surface area contributed by atoms with Crippen molar-refractivity contribution >= 4 is 30.4 Å². The summed E-state index contributed by atoms with van der Waals surface area (Å²) in [5.74, 6) is -1.83. The van der Waals surface area contributed by atoms with Crippen LogP contribution in [0, 0.1) is 0 Å². The molecule has 1 aromatic rings. The second-order valence-corrected chi connectivity index (χ2v) is 6.70. The molecular weight excluding hydrogens is 342 g/mol. The molecule has 0 unspecified atom stereocenters. The zero-order valence-corrected chi connectivity index (χ0v) is 15.0. The van der Waals surface area contributed by atoms with E-state index < -0.39 is 29.7 Å². The van der Waals surface area contributed by atoms with E-state index >= 15 is 0 Å². The van der Waals surface area contributed by atoms with Crippen molar-refractivity contribution in [1.29, 1.82) is 0 Å². The lowest BCUT2D eigenvalue weighted by atomic mass is 10.1. The van der Waals surface area contributed by atoms with E-state index in [9.17, 15) is 14.4 Å². The number of rotatable bonds is 6. The molecule has 0 saturated carbocycles. The number of benzene rings is 1. The minimum Gasteiger partial charge on any atom is -0.480 e. The van der Waals surface area contributed by atoms with Crippen LogP contribution in [0.5, 0.6) is 0 Å². The number of nitrogens with zero attached hydrogens (tertiary/aromatic N) is 2. The van der Waals surface area contributed by atoms with Crippen molar-refractivity contribution in [2.75, 3.05) is 20.1 Å². The standard InChI is InChI=1S/C17H23N3O4S/c1-19-9-5-8-13(17(24)20(19)11-15(21)22)18-16(23)14(25)10-12-6-3-2-4-7-12/h2-4,6-7,13-14,25H,5,8-11H2,1H3,(H,18,23)(H,21,22)/t13-,14+/m0/s1. The van der Waals surface area contributed by atoms with Gasteiger partial charge in [0.25, 0.3) is 5.91 Å². The molecule has 0 aromatic heterocycles. The summed E-state index contributed by atoms with van der Waals surface area (Å²) in [6.45, 7) is 0.135. The van der Waals surface area contributed by atoms with E-state index in [-0.39, 0.29) is 5.91 Å². The molecule has 1 heterocycles. The third-order valence-electron chi connectivity index (χ3n) is 4.12. The van der Waals surface area contributed by atoms with Crippen LogP contribution in [0.1, 0.15) is 18.4 Å². The zero-order valence-electron chi connectivity index (χ0n) is 14.1. The van der Waals surface area contributed by atoms with E-state index in [4.69, 9.17) is 5.11 Å². The van der Waals surface area contributed by atoms with Gasteiger partial charge in [-0.1, -0.05) is 30.3 Å². The van der Waals surface area contributed by atoms with E-state index in [2.05, 4.69) is 17.9 Å². The minimum absolute atomic E-state index is 0.328. The summed E-state index contributed by atoms with van der Waals surface area (Å²) >= 11 is 4.35. The van der Waals surface area contributed by atoms with Crippen molar-refractivity contribution in [3.63, 3.8) is 0 Å². The number of hydrazine groups is 1. The lowest BCUT2D eigenvalue weighted by Gasteiger charge is -2.30. The molecule has 1 fully saturated rings. The molecule has 2 atom stereocenters. The largest absolute Gasteiger partial charge is 0.480 e. The number of hydrogen-bond acceptors (Lipinski definition) is 5. The maximum absolute atomic E-state index is 12.6. The molecule has 0 aliphatic carbocycles. The van der Waals surface area contributed by atoms with Gasteiger partial charge in [-0.15, -0.1) is 0 Å². The molecule has 0 spiro atoms. The third-order valence-corrected chi connectivity index (χ3v) is 4.53. The van der Waals surface area contributed by atoms with Crippen molar-refractivity contribution in [3.8, 4) is 0 Å². The molecule has 1 aromatic carbocycles. The molecule has 1 saturated heterocycles. The van der Waals surface area contributed by atoms with Crippen LogP contribution in [0.15, 0.2) is 30.3 Å². The fourth-order valence-corrected chi connectivity index (χ4v) is 3.06. The van der Waals surface area contributed by atoms with E-state index in [1.54, 1.807) is 12.1 Å². The van der Waals surface area contributed by atoms with Gasteiger partial charge in [0.05, 0.1) is 5.25 Å². The number of carboxylic acid groups (broad SMARTS) is 1. The van der Waals surface area contributed by atoms with Crippen LogP contribution in [0.2, 0.25) is 0 Å². The molecule has 7 nitrogen and oxygen atoms in total. The van der Waals surface area contributed by atoms with Crippen LogP contribution >= 0.6 is 12.6 Å². The summed E-state index contributed by atoms with van der Waals surface area (Å²) < 4.78 is 0. The summed E-state index contributed by atoms with van der Waals surface area (Å²) in [7, 11) is 1.67. The van der Waals surface area contributed by atoms with Gasteiger partial charge in [-0.25, -0.2) is 5.01 Å². The van der Waals surface area contributed by atoms with Crippen LogP contribution in [0.4, 0.5) is 0 Å². The van der Waals surface area contributed by atoms with Gasteiger partial charge in [-0.2, -0.15) is 12.6 Å². The second-order valence-electron chi connectivity index (χ2n) is 6.08. The fourth-order valence-electron chi connectivity index (χ4n) is 2.78. The normalized spacial score (nSPS) is 20.0. The van der Waals surface area contributed by atoms with E-state index in [0.29, 0.717) is 25.8 Å². The molecular formula is C17H23N3O4S. The van der Waals surface area contributed by atoms with Crippen molar-refractivity contribution < 1.29 is 19.5 Å². The topological polar surface area (TPSA) is 90.0 Å². The van der Waals surface area contributed by atoms with E-state index in [0.717, 1.165) is 5.56 Å². The molecule has 25 heavy (non-hydrogen) atoms. The predicted octanol–water partition coefficient (Wildman–Crippen LogP) is 0.566. The molecule has 2 rings (SSSR count). The average Bonchev–Trinajstić information content (AvgIpc) is 2.69. The Morgan fingerprint density at radius 1 is 1.36 bits per heavy atom. The van der Waals surface area contributed by atoms with Gasteiger partial charge in [0.2, 0.25) is 5.91 Å². The van der Waals surface area contributed by atoms with Crippen LogP contribution in [-0.4, -0.2) is 64.3 Å². The number of nitrogens with one attached hydrogen (secondary N) is 1. The number of thiol groups is 1. The Morgan fingerprint density at radius 3 is 2.68 bits per heavy atom. The maximum atomic E-state index is 12.6. The Kier molecular flexibility index (Phi) is 6.83. The van der Waals surface area contributed by atoms with Crippen molar-refractivity contribution in [3.05, 3.63) is 35.9 Å². The molecule has 0 radical (unpaired) electrons. The molecule has 8 heteroatoms. The number of hydrogen-bond donors (Lipinski definition) is 3. The molecule has 2 amide bonds. The second kappa shape index (κ2) is 8.87. The molecule has 2 N–H and O–H groups in total. The minimum atomic E-state index is -1.09. The molecule has 1 aliphatic heterocycles. The van der Waals surface area contributed by atoms with Gasteiger partial charge >= 0.3 is 5.97 Å². The quantitative estimate of drug-likeness (QED) is 0.641. The smallest absolute Gasteiger partial charge is 0.324 e. The summed E-state index contributed by atoms with van der Waals surface area (Å²) in [6, 6.07) is 8.77. The lowest BCUT2D eigenvalue weighted by molar-refractivity contribution is -0.157. The maximum Gasteiger partial charge on any atom is 0.324 e.